The number of methoxy groups -OCH3 is 1. The Labute approximate surface area is 258 Å². The van der Waals surface area contributed by atoms with Gasteiger partial charge in [-0.3, -0.25) is 4.90 Å². The van der Waals surface area contributed by atoms with Gasteiger partial charge in [-0.25, -0.2) is 9.18 Å². The van der Waals surface area contributed by atoms with Gasteiger partial charge in [0.25, 0.3) is 0 Å². The number of urea groups is 1. The summed E-state index contributed by atoms with van der Waals surface area (Å²) in [6, 6.07) is 22.8. The van der Waals surface area contributed by atoms with E-state index in [9.17, 15) is 14.4 Å². The molecule has 3 aliphatic rings. The molecule has 224 valence electrons. The molecule has 3 atom stereocenters. The quantitative estimate of drug-likeness (QED) is 0.289. The number of fused-ring (bicyclic) bond motifs is 1. The van der Waals surface area contributed by atoms with E-state index in [0.717, 1.165) is 63.9 Å². The number of benzene rings is 3. The average molecular weight is 601 g/mol. The molecule has 0 spiro atoms. The number of anilines is 1. The van der Waals surface area contributed by atoms with Crippen molar-refractivity contribution in [2.75, 3.05) is 32.1 Å². The maximum Gasteiger partial charge on any atom is 0.322 e. The summed E-state index contributed by atoms with van der Waals surface area (Å²) in [6.07, 6.45) is 5.99. The molecule has 3 aromatic rings. The molecular weight excluding hydrogens is 563 g/mol. The van der Waals surface area contributed by atoms with Gasteiger partial charge in [0.15, 0.2) is 0 Å². The first kappa shape index (κ1) is 29.5. The number of piperidine rings is 1. The molecule has 1 heterocycles. The number of para-hydroxylation sites is 1. The van der Waals surface area contributed by atoms with Crippen molar-refractivity contribution in [2.45, 2.75) is 56.5 Å². The third-order valence-corrected chi connectivity index (χ3v) is 10.2. The highest BCUT2D eigenvalue weighted by atomic mass is 35.5. The topological polar surface area (TPSA) is 68.6 Å². The van der Waals surface area contributed by atoms with E-state index in [1.165, 1.54) is 23.3 Å². The lowest BCUT2D eigenvalue weighted by atomic mass is 9.79. The highest BCUT2D eigenvalue weighted by Crippen LogP contribution is 2.63. The van der Waals surface area contributed by atoms with Gasteiger partial charge in [0, 0.05) is 30.4 Å². The van der Waals surface area contributed by atoms with Crippen molar-refractivity contribution < 1.29 is 13.9 Å². The van der Waals surface area contributed by atoms with Crippen LogP contribution in [0.5, 0.6) is 5.75 Å². The summed E-state index contributed by atoms with van der Waals surface area (Å²) < 4.78 is 19.3. The second-order valence-electron chi connectivity index (χ2n) is 12.4. The third-order valence-electron chi connectivity index (χ3n) is 9.90. The molecule has 1 N–H and O–H groups in total. The summed E-state index contributed by atoms with van der Waals surface area (Å²) in [6.45, 7) is 3.48. The van der Waals surface area contributed by atoms with Gasteiger partial charge in [-0.05, 0) is 111 Å². The van der Waals surface area contributed by atoms with Crippen LogP contribution in [0.2, 0.25) is 5.02 Å². The van der Waals surface area contributed by atoms with Crippen LogP contribution in [0.4, 0.5) is 14.9 Å². The zero-order valence-corrected chi connectivity index (χ0v) is 25.3. The molecule has 0 aromatic heterocycles. The van der Waals surface area contributed by atoms with Gasteiger partial charge in [0.1, 0.15) is 11.6 Å². The summed E-state index contributed by atoms with van der Waals surface area (Å²) in [5.41, 5.74) is 3.78. The SMILES string of the molecule is COc1ccccc1CN1CCC(CN(C(=O)Nc2ccc(F)c(Cl)c2)C2CC[C@]3(c4cccc(C#N)c4)CC3C2)CC1. The number of rotatable bonds is 8. The Bertz CT molecular complexity index is 1520. The molecule has 43 heavy (non-hydrogen) atoms. The first-order valence-electron chi connectivity index (χ1n) is 15.3. The van der Waals surface area contributed by atoms with E-state index < -0.39 is 5.82 Å². The van der Waals surface area contributed by atoms with Crippen molar-refractivity contribution in [2.24, 2.45) is 11.8 Å². The zero-order valence-electron chi connectivity index (χ0n) is 24.6. The highest BCUT2D eigenvalue weighted by Gasteiger charge is 2.58. The van der Waals surface area contributed by atoms with Crippen molar-refractivity contribution in [3.8, 4) is 11.8 Å². The fourth-order valence-corrected chi connectivity index (χ4v) is 7.57. The Morgan fingerprint density at radius 1 is 1.14 bits per heavy atom. The Morgan fingerprint density at radius 3 is 2.70 bits per heavy atom. The number of ether oxygens (including phenoxy) is 1. The van der Waals surface area contributed by atoms with Crippen LogP contribution < -0.4 is 10.1 Å². The van der Waals surface area contributed by atoms with Crippen LogP contribution in [0.1, 0.15) is 55.2 Å². The number of hydrogen-bond acceptors (Lipinski definition) is 4. The second-order valence-corrected chi connectivity index (χ2v) is 12.8. The Hall–Kier alpha value is -3.60. The minimum absolute atomic E-state index is 0.00759. The number of likely N-dealkylation sites (tertiary alicyclic amines) is 1. The van der Waals surface area contributed by atoms with Crippen LogP contribution in [0, 0.1) is 29.0 Å². The van der Waals surface area contributed by atoms with Crippen LogP contribution in [0.15, 0.2) is 66.7 Å². The molecular formula is C35H38ClFN4O2. The van der Waals surface area contributed by atoms with E-state index in [4.69, 9.17) is 16.3 Å². The Kier molecular flexibility index (Phi) is 8.61. The molecule has 8 heteroatoms. The lowest BCUT2D eigenvalue weighted by Gasteiger charge is -2.40. The van der Waals surface area contributed by atoms with Crippen LogP contribution in [0.25, 0.3) is 0 Å². The molecule has 2 amide bonds. The van der Waals surface area contributed by atoms with E-state index in [-0.39, 0.29) is 22.5 Å². The van der Waals surface area contributed by atoms with Crippen LogP contribution in [-0.2, 0) is 12.0 Å². The largest absolute Gasteiger partial charge is 0.496 e. The molecule has 2 unspecified atom stereocenters. The Morgan fingerprint density at radius 2 is 1.95 bits per heavy atom. The Balaban J connectivity index is 1.14. The van der Waals surface area contributed by atoms with Gasteiger partial charge < -0.3 is 15.0 Å². The van der Waals surface area contributed by atoms with E-state index >= 15 is 0 Å². The normalized spacial score (nSPS) is 23.6. The van der Waals surface area contributed by atoms with E-state index in [0.29, 0.717) is 29.6 Å². The predicted molar refractivity (Wildman–Crippen MR) is 167 cm³/mol. The van der Waals surface area contributed by atoms with Crippen molar-refractivity contribution in [1.82, 2.24) is 9.80 Å². The summed E-state index contributed by atoms with van der Waals surface area (Å²) in [5.74, 6) is 1.31. The lowest BCUT2D eigenvalue weighted by molar-refractivity contribution is 0.114. The van der Waals surface area contributed by atoms with E-state index in [1.807, 2.05) is 41.3 Å². The molecule has 3 fully saturated rings. The van der Waals surface area contributed by atoms with Gasteiger partial charge in [0.05, 0.1) is 23.8 Å². The standard InChI is InChI=1S/C35H38ClFN4O2/c1-43-33-8-3-2-6-26(33)23-40-15-12-24(13-16-40)22-41(34(42)39-29-9-10-32(37)31(36)19-29)30-11-14-35(20-28(35)18-30)27-7-4-5-25(17-27)21-38/h2-10,17,19,24,28,30H,11-16,18,20,22-23H2,1H3,(H,39,42)/t28?,30?,35-/m1/s1. The first-order valence-corrected chi connectivity index (χ1v) is 15.6. The minimum atomic E-state index is -0.505. The molecule has 1 aliphatic heterocycles. The maximum absolute atomic E-state index is 13.8. The second kappa shape index (κ2) is 12.6. The molecule has 2 aliphatic carbocycles. The fourth-order valence-electron chi connectivity index (χ4n) is 7.39. The van der Waals surface area contributed by atoms with Crippen LogP contribution in [-0.4, -0.2) is 48.6 Å². The number of carbonyl (C=O) groups excluding carboxylic acids is 1. The maximum atomic E-state index is 13.8. The van der Waals surface area contributed by atoms with Crippen molar-refractivity contribution in [3.63, 3.8) is 0 Å². The number of carbonyl (C=O) groups is 1. The molecule has 0 bridgehead atoms. The van der Waals surface area contributed by atoms with E-state index in [2.05, 4.69) is 28.4 Å². The number of amides is 2. The summed E-state index contributed by atoms with van der Waals surface area (Å²) in [4.78, 5) is 18.3. The smallest absolute Gasteiger partial charge is 0.322 e. The number of nitriles is 1. The molecule has 1 saturated heterocycles. The minimum Gasteiger partial charge on any atom is -0.496 e. The third kappa shape index (κ3) is 6.37. The average Bonchev–Trinajstić information content (AvgIpc) is 3.78. The fraction of sp³-hybridized carbons (Fsp3) is 0.429. The molecule has 2 saturated carbocycles. The van der Waals surface area contributed by atoms with Gasteiger partial charge in [-0.1, -0.05) is 41.9 Å². The lowest BCUT2D eigenvalue weighted by Crippen LogP contribution is -2.49. The summed E-state index contributed by atoms with van der Waals surface area (Å²) in [7, 11) is 1.71. The van der Waals surface area contributed by atoms with Crippen LogP contribution >= 0.6 is 11.6 Å². The molecule has 3 aromatic carbocycles. The predicted octanol–water partition coefficient (Wildman–Crippen LogP) is 7.62. The number of hydrogen-bond donors (Lipinski definition) is 1. The monoisotopic (exact) mass is 600 g/mol. The zero-order chi connectivity index (χ0) is 30.0. The van der Waals surface area contributed by atoms with Gasteiger partial charge >= 0.3 is 6.03 Å². The first-order chi connectivity index (χ1) is 20.9. The van der Waals surface area contributed by atoms with E-state index in [1.54, 1.807) is 13.2 Å². The molecule has 6 nitrogen and oxygen atoms in total. The van der Waals surface area contributed by atoms with Crippen molar-refractivity contribution in [1.29, 1.82) is 5.26 Å². The number of nitrogens with zero attached hydrogens (tertiary/aromatic N) is 3. The molecule has 0 radical (unpaired) electrons. The summed E-state index contributed by atoms with van der Waals surface area (Å²) >= 11 is 6.02. The summed E-state index contributed by atoms with van der Waals surface area (Å²) in [5, 5.41) is 12.4. The van der Waals surface area contributed by atoms with Gasteiger partial charge in [-0.2, -0.15) is 5.26 Å². The van der Waals surface area contributed by atoms with Crippen molar-refractivity contribution >= 4 is 23.3 Å². The van der Waals surface area contributed by atoms with Gasteiger partial charge in [0.2, 0.25) is 0 Å². The highest BCUT2D eigenvalue weighted by molar-refractivity contribution is 6.31. The van der Waals surface area contributed by atoms with Gasteiger partial charge in [-0.15, -0.1) is 0 Å². The molecule has 6 rings (SSSR count). The van der Waals surface area contributed by atoms with Crippen LogP contribution in [0.3, 0.4) is 0 Å². The number of nitrogens with one attached hydrogen (secondary N) is 1. The number of halogens is 2. The van der Waals surface area contributed by atoms with Crippen molar-refractivity contribution in [3.05, 3.63) is 94.3 Å².